The number of benzene rings is 7. The first-order chi connectivity index (χ1) is 22.6. The van der Waals surface area contributed by atoms with Crippen molar-refractivity contribution in [2.24, 2.45) is 0 Å². The predicted molar refractivity (Wildman–Crippen MR) is 196 cm³/mol. The van der Waals surface area contributed by atoms with Gasteiger partial charge in [-0.05, 0) is 87.6 Å². The highest BCUT2D eigenvalue weighted by atomic mass is 32.1. The zero-order chi connectivity index (χ0) is 30.6. The van der Waals surface area contributed by atoms with Crippen molar-refractivity contribution in [3.05, 3.63) is 151 Å². The van der Waals surface area contributed by atoms with Crippen molar-refractivity contribution in [1.29, 1.82) is 0 Å². The van der Waals surface area contributed by atoms with Gasteiger partial charge in [-0.25, -0.2) is 0 Å². The smallest absolute Gasteiger partial charge is 0.137 e. The standard InChI is InChI=1S/C43H29NOS/c1-43(2)33-16-9-8-15-30(33)32-25-28(20-22-34(32)43)44(27-12-4-3-5-13-27)35-17-10-18-36-40(35)41-37(45-36)23-21-31-39-29-14-7-6-11-26(29)19-24-38(39)46-42(31)41/h3-25H,1-2H3. The number of furan rings is 1. The Morgan fingerprint density at radius 2 is 1.33 bits per heavy atom. The fourth-order valence-corrected chi connectivity index (χ4v) is 9.19. The second-order valence-corrected chi connectivity index (χ2v) is 14.0. The summed E-state index contributed by atoms with van der Waals surface area (Å²) in [5.41, 5.74) is 10.5. The van der Waals surface area contributed by atoms with Crippen LogP contribution in [0.4, 0.5) is 17.1 Å². The van der Waals surface area contributed by atoms with E-state index in [0.29, 0.717) is 0 Å². The van der Waals surface area contributed by atoms with E-state index in [4.69, 9.17) is 4.42 Å². The summed E-state index contributed by atoms with van der Waals surface area (Å²) in [5, 5.41) is 7.50. The van der Waals surface area contributed by atoms with Crippen LogP contribution in [0.3, 0.4) is 0 Å². The van der Waals surface area contributed by atoms with Crippen LogP contribution in [-0.4, -0.2) is 0 Å². The number of fused-ring (bicyclic) bond motifs is 12. The molecule has 0 aliphatic heterocycles. The molecule has 0 saturated heterocycles. The first-order valence-corrected chi connectivity index (χ1v) is 16.7. The van der Waals surface area contributed by atoms with Crippen LogP contribution in [-0.2, 0) is 5.41 Å². The van der Waals surface area contributed by atoms with Gasteiger partial charge in [0.05, 0.1) is 11.1 Å². The largest absolute Gasteiger partial charge is 0.456 e. The van der Waals surface area contributed by atoms with Gasteiger partial charge in [0.15, 0.2) is 0 Å². The van der Waals surface area contributed by atoms with Crippen molar-refractivity contribution in [2.75, 3.05) is 4.90 Å². The SMILES string of the molecule is CC1(C)c2ccccc2-c2cc(N(c3ccccc3)c3cccc4oc5ccc6c(sc7ccc8ccccc8c76)c5c34)ccc21. The first-order valence-electron chi connectivity index (χ1n) is 15.9. The molecule has 9 aromatic rings. The lowest BCUT2D eigenvalue weighted by Gasteiger charge is -2.27. The highest BCUT2D eigenvalue weighted by Gasteiger charge is 2.35. The molecule has 0 unspecified atom stereocenters. The number of rotatable bonds is 3. The van der Waals surface area contributed by atoms with E-state index < -0.39 is 0 Å². The molecule has 0 spiro atoms. The van der Waals surface area contributed by atoms with Crippen LogP contribution in [0.1, 0.15) is 25.0 Å². The summed E-state index contributed by atoms with van der Waals surface area (Å²) in [5.74, 6) is 0. The molecule has 218 valence electrons. The quantitative estimate of drug-likeness (QED) is 0.199. The van der Waals surface area contributed by atoms with Crippen LogP contribution in [0.15, 0.2) is 144 Å². The second-order valence-electron chi connectivity index (χ2n) is 12.9. The minimum atomic E-state index is -0.0419. The number of hydrogen-bond donors (Lipinski definition) is 0. The zero-order valence-corrected chi connectivity index (χ0v) is 26.4. The van der Waals surface area contributed by atoms with E-state index in [0.717, 1.165) is 33.6 Å². The second kappa shape index (κ2) is 9.32. The number of thiophene rings is 1. The summed E-state index contributed by atoms with van der Waals surface area (Å²) < 4.78 is 9.20. The molecule has 0 radical (unpaired) electrons. The van der Waals surface area contributed by atoms with Gasteiger partial charge in [-0.15, -0.1) is 11.3 Å². The van der Waals surface area contributed by atoms with E-state index in [1.54, 1.807) is 0 Å². The third-order valence-electron chi connectivity index (χ3n) is 10.0. The summed E-state index contributed by atoms with van der Waals surface area (Å²) in [6, 6.07) is 50.7. The Bertz CT molecular complexity index is 2680. The Morgan fingerprint density at radius 1 is 0.543 bits per heavy atom. The van der Waals surface area contributed by atoms with Gasteiger partial charge in [-0.2, -0.15) is 0 Å². The van der Waals surface area contributed by atoms with Crippen molar-refractivity contribution in [3.63, 3.8) is 0 Å². The van der Waals surface area contributed by atoms with Gasteiger partial charge in [-0.1, -0.05) is 98.8 Å². The lowest BCUT2D eigenvalue weighted by atomic mass is 9.82. The summed E-state index contributed by atoms with van der Waals surface area (Å²) in [6.07, 6.45) is 0. The van der Waals surface area contributed by atoms with Gasteiger partial charge < -0.3 is 9.32 Å². The third kappa shape index (κ3) is 3.46. The summed E-state index contributed by atoms with van der Waals surface area (Å²) in [7, 11) is 0. The van der Waals surface area contributed by atoms with Crippen molar-refractivity contribution >= 4 is 81.3 Å². The normalized spacial score (nSPS) is 13.6. The van der Waals surface area contributed by atoms with Crippen LogP contribution in [0.5, 0.6) is 0 Å². The van der Waals surface area contributed by atoms with Gasteiger partial charge in [0, 0.05) is 42.3 Å². The van der Waals surface area contributed by atoms with Crippen molar-refractivity contribution < 1.29 is 4.42 Å². The van der Waals surface area contributed by atoms with Crippen molar-refractivity contribution in [2.45, 2.75) is 19.3 Å². The molecule has 46 heavy (non-hydrogen) atoms. The molecule has 1 aliphatic rings. The monoisotopic (exact) mass is 607 g/mol. The number of anilines is 3. The average molecular weight is 608 g/mol. The summed E-state index contributed by atoms with van der Waals surface area (Å²) in [4.78, 5) is 2.41. The third-order valence-corrected chi connectivity index (χ3v) is 11.2. The van der Waals surface area contributed by atoms with Crippen molar-refractivity contribution in [1.82, 2.24) is 0 Å². The summed E-state index contributed by atoms with van der Waals surface area (Å²) in [6.45, 7) is 4.67. The van der Waals surface area contributed by atoms with Crippen LogP contribution in [0, 0.1) is 0 Å². The van der Waals surface area contributed by atoms with Gasteiger partial charge in [-0.3, -0.25) is 0 Å². The lowest BCUT2D eigenvalue weighted by molar-refractivity contribution is 0.660. The fraction of sp³-hybridized carbons (Fsp3) is 0.0698. The number of para-hydroxylation sites is 1. The zero-order valence-electron chi connectivity index (χ0n) is 25.5. The highest BCUT2D eigenvalue weighted by molar-refractivity contribution is 7.27. The van der Waals surface area contributed by atoms with Gasteiger partial charge in [0.1, 0.15) is 11.2 Å². The molecule has 0 bridgehead atoms. The van der Waals surface area contributed by atoms with E-state index in [1.807, 2.05) is 11.3 Å². The van der Waals surface area contributed by atoms with Crippen LogP contribution < -0.4 is 4.90 Å². The minimum absolute atomic E-state index is 0.0419. The molecule has 0 amide bonds. The first kappa shape index (κ1) is 25.9. The molecule has 0 N–H and O–H groups in total. The Hall–Kier alpha value is -5.38. The Kier molecular flexibility index (Phi) is 5.25. The highest BCUT2D eigenvalue weighted by Crippen LogP contribution is 2.52. The molecule has 2 nitrogen and oxygen atoms in total. The molecule has 2 heterocycles. The molecule has 0 atom stereocenters. The molecule has 2 aromatic heterocycles. The molecular formula is C43H29NOS. The maximum Gasteiger partial charge on any atom is 0.137 e. The van der Waals surface area contributed by atoms with E-state index >= 15 is 0 Å². The molecule has 10 rings (SSSR count). The molecular weight excluding hydrogens is 579 g/mol. The molecule has 1 aliphatic carbocycles. The number of hydrogen-bond acceptors (Lipinski definition) is 3. The minimum Gasteiger partial charge on any atom is -0.456 e. The van der Waals surface area contributed by atoms with Crippen LogP contribution >= 0.6 is 11.3 Å². The molecule has 3 heteroatoms. The molecule has 7 aromatic carbocycles. The predicted octanol–water partition coefficient (Wildman–Crippen LogP) is 12.9. The van der Waals surface area contributed by atoms with Crippen LogP contribution in [0.2, 0.25) is 0 Å². The van der Waals surface area contributed by atoms with E-state index in [2.05, 4.69) is 158 Å². The topological polar surface area (TPSA) is 16.4 Å². The van der Waals surface area contributed by atoms with E-state index in [9.17, 15) is 0 Å². The summed E-state index contributed by atoms with van der Waals surface area (Å²) >= 11 is 1.87. The lowest BCUT2D eigenvalue weighted by Crippen LogP contribution is -2.15. The van der Waals surface area contributed by atoms with Crippen molar-refractivity contribution in [3.8, 4) is 11.1 Å². The molecule has 0 saturated carbocycles. The Balaban J connectivity index is 1.29. The van der Waals surface area contributed by atoms with E-state index in [1.165, 1.54) is 58.6 Å². The maximum atomic E-state index is 6.63. The average Bonchev–Trinajstić information content (AvgIpc) is 3.74. The van der Waals surface area contributed by atoms with Gasteiger partial charge >= 0.3 is 0 Å². The fourth-order valence-electron chi connectivity index (χ4n) is 7.93. The van der Waals surface area contributed by atoms with Crippen LogP contribution in [0.25, 0.3) is 64.0 Å². The maximum absolute atomic E-state index is 6.63. The van der Waals surface area contributed by atoms with Gasteiger partial charge in [0.25, 0.3) is 0 Å². The molecule has 0 fully saturated rings. The van der Waals surface area contributed by atoms with Gasteiger partial charge in [0.2, 0.25) is 0 Å². The Morgan fingerprint density at radius 3 is 2.24 bits per heavy atom. The number of nitrogens with zero attached hydrogens (tertiary/aromatic N) is 1. The van der Waals surface area contributed by atoms with E-state index in [-0.39, 0.29) is 5.41 Å². The Labute approximate surface area is 270 Å².